The number of benzene rings is 1. The topological polar surface area (TPSA) is 57.6 Å². The first-order chi connectivity index (χ1) is 9.47. The van der Waals surface area contributed by atoms with Gasteiger partial charge in [-0.05, 0) is 25.3 Å². The molecule has 0 bridgehead atoms. The minimum atomic E-state index is -0.874. The van der Waals surface area contributed by atoms with Crippen LogP contribution in [0.15, 0.2) is 24.3 Å². The summed E-state index contributed by atoms with van der Waals surface area (Å²) in [6.45, 7) is 0.376. The van der Waals surface area contributed by atoms with Crippen molar-refractivity contribution in [2.45, 2.75) is 31.1 Å². The van der Waals surface area contributed by atoms with Crippen LogP contribution in [0.3, 0.4) is 0 Å². The number of hydrogen-bond acceptors (Lipinski definition) is 2. The highest BCUT2D eigenvalue weighted by molar-refractivity contribution is 5.91. The van der Waals surface area contributed by atoms with E-state index in [1.54, 1.807) is 25.2 Å². The molecule has 1 N–H and O–H groups in total. The molecule has 0 spiro atoms. The fraction of sp³-hybridized carbons (Fsp3) is 0.467. The van der Waals surface area contributed by atoms with E-state index in [0.717, 1.165) is 0 Å². The van der Waals surface area contributed by atoms with Crippen LogP contribution in [0.2, 0.25) is 0 Å². The van der Waals surface area contributed by atoms with E-state index in [-0.39, 0.29) is 18.1 Å². The molecule has 20 heavy (non-hydrogen) atoms. The van der Waals surface area contributed by atoms with Gasteiger partial charge in [0.2, 0.25) is 5.91 Å². The Morgan fingerprint density at radius 1 is 1.35 bits per heavy atom. The number of nitrogens with zero attached hydrogens (tertiary/aromatic N) is 1. The van der Waals surface area contributed by atoms with E-state index in [2.05, 4.69) is 0 Å². The average Bonchev–Trinajstić information content (AvgIpc) is 3.19. The van der Waals surface area contributed by atoms with Crippen LogP contribution in [-0.4, -0.2) is 35.5 Å². The molecule has 0 aliphatic heterocycles. The number of amides is 1. The number of likely N-dealkylation sites (N-methyl/N-ethyl adjacent to an activating group) is 1. The number of carbonyl (C=O) groups excluding carboxylic acids is 1. The maximum atomic E-state index is 13.9. The molecule has 0 heterocycles. The van der Waals surface area contributed by atoms with Crippen LogP contribution < -0.4 is 0 Å². The molecule has 1 aromatic rings. The van der Waals surface area contributed by atoms with E-state index in [0.29, 0.717) is 31.4 Å². The van der Waals surface area contributed by atoms with E-state index in [1.807, 2.05) is 0 Å². The highest BCUT2D eigenvalue weighted by atomic mass is 19.1. The molecule has 1 fully saturated rings. The Balaban J connectivity index is 2.05. The van der Waals surface area contributed by atoms with Crippen LogP contribution in [-0.2, 0) is 15.0 Å². The third kappa shape index (κ3) is 2.81. The second-order valence-corrected chi connectivity index (χ2v) is 5.29. The third-order valence-electron chi connectivity index (χ3n) is 3.78. The second-order valence-electron chi connectivity index (χ2n) is 5.29. The predicted molar refractivity (Wildman–Crippen MR) is 71.8 cm³/mol. The van der Waals surface area contributed by atoms with Crippen LogP contribution in [0.1, 0.15) is 31.2 Å². The highest BCUT2D eigenvalue weighted by Gasteiger charge is 2.53. The molecular formula is C15H18FNO3. The normalized spacial score (nSPS) is 15.7. The maximum Gasteiger partial charge on any atom is 0.303 e. The van der Waals surface area contributed by atoms with Crippen molar-refractivity contribution in [2.24, 2.45) is 0 Å². The predicted octanol–water partition coefficient (Wildman–Crippen LogP) is 2.18. The number of aliphatic carboxylic acids is 1. The molecule has 1 saturated carbocycles. The van der Waals surface area contributed by atoms with Crippen LogP contribution in [0.25, 0.3) is 0 Å². The highest BCUT2D eigenvalue weighted by Crippen LogP contribution is 2.50. The van der Waals surface area contributed by atoms with Gasteiger partial charge in [-0.25, -0.2) is 4.39 Å². The van der Waals surface area contributed by atoms with Gasteiger partial charge >= 0.3 is 5.97 Å². The molecule has 4 nitrogen and oxygen atoms in total. The Hall–Kier alpha value is -1.91. The first-order valence-electron chi connectivity index (χ1n) is 6.70. The lowest BCUT2D eigenvalue weighted by molar-refractivity contribution is -0.138. The maximum absolute atomic E-state index is 13.9. The quantitative estimate of drug-likeness (QED) is 0.868. The van der Waals surface area contributed by atoms with Gasteiger partial charge in [0.15, 0.2) is 0 Å². The summed E-state index contributed by atoms with van der Waals surface area (Å²) in [6.07, 6.45) is 1.74. The number of halogens is 1. The molecule has 0 unspecified atom stereocenters. The molecule has 0 saturated heterocycles. The smallest absolute Gasteiger partial charge is 0.303 e. The van der Waals surface area contributed by atoms with Gasteiger partial charge < -0.3 is 10.0 Å². The minimum Gasteiger partial charge on any atom is -0.481 e. The Bertz CT molecular complexity index is 526. The summed E-state index contributed by atoms with van der Waals surface area (Å²) in [5, 5.41) is 8.60. The van der Waals surface area contributed by atoms with Gasteiger partial charge in [-0.3, -0.25) is 9.59 Å². The zero-order chi connectivity index (χ0) is 14.8. The van der Waals surface area contributed by atoms with Gasteiger partial charge in [-0.1, -0.05) is 18.2 Å². The molecule has 1 aliphatic carbocycles. The van der Waals surface area contributed by atoms with Gasteiger partial charge in [-0.2, -0.15) is 0 Å². The summed E-state index contributed by atoms with van der Waals surface area (Å²) >= 11 is 0. The van der Waals surface area contributed by atoms with Crippen molar-refractivity contribution in [3.05, 3.63) is 35.6 Å². The summed E-state index contributed by atoms with van der Waals surface area (Å²) in [7, 11) is 1.64. The van der Waals surface area contributed by atoms with Crippen molar-refractivity contribution in [3.63, 3.8) is 0 Å². The molecule has 5 heteroatoms. The third-order valence-corrected chi connectivity index (χ3v) is 3.78. The summed E-state index contributed by atoms with van der Waals surface area (Å²) in [6, 6.07) is 6.37. The fourth-order valence-electron chi connectivity index (χ4n) is 2.51. The number of carbonyl (C=O) groups is 2. The number of carboxylic acid groups (broad SMARTS) is 1. The van der Waals surface area contributed by atoms with Gasteiger partial charge in [0.05, 0.1) is 5.41 Å². The van der Waals surface area contributed by atoms with Crippen molar-refractivity contribution in [1.29, 1.82) is 0 Å². The van der Waals surface area contributed by atoms with E-state index in [9.17, 15) is 14.0 Å². The molecule has 0 aromatic heterocycles. The molecule has 0 atom stereocenters. The van der Waals surface area contributed by atoms with E-state index in [4.69, 9.17) is 5.11 Å². The summed E-state index contributed by atoms with van der Waals surface area (Å²) in [4.78, 5) is 24.5. The zero-order valence-corrected chi connectivity index (χ0v) is 11.4. The van der Waals surface area contributed by atoms with E-state index in [1.165, 1.54) is 11.0 Å². The fourth-order valence-corrected chi connectivity index (χ4v) is 2.51. The van der Waals surface area contributed by atoms with Crippen molar-refractivity contribution in [1.82, 2.24) is 4.90 Å². The molecule has 1 aromatic carbocycles. The first kappa shape index (κ1) is 14.5. The number of hydrogen-bond donors (Lipinski definition) is 1. The van der Waals surface area contributed by atoms with Crippen molar-refractivity contribution >= 4 is 11.9 Å². The van der Waals surface area contributed by atoms with Crippen LogP contribution in [0.5, 0.6) is 0 Å². The first-order valence-corrected chi connectivity index (χ1v) is 6.70. The summed E-state index contributed by atoms with van der Waals surface area (Å²) in [5.41, 5.74) is -0.279. The van der Waals surface area contributed by atoms with E-state index >= 15 is 0 Å². The van der Waals surface area contributed by atoms with E-state index < -0.39 is 11.4 Å². The monoisotopic (exact) mass is 279 g/mol. The molecule has 2 rings (SSSR count). The summed E-state index contributed by atoms with van der Waals surface area (Å²) in [5.74, 6) is -1.34. The largest absolute Gasteiger partial charge is 0.481 e. The average molecular weight is 279 g/mol. The Labute approximate surface area is 117 Å². The molecule has 0 radical (unpaired) electrons. The van der Waals surface area contributed by atoms with Crippen LogP contribution in [0, 0.1) is 5.82 Å². The Kier molecular flexibility index (Phi) is 4.06. The van der Waals surface area contributed by atoms with Crippen molar-refractivity contribution < 1.29 is 19.1 Å². The minimum absolute atomic E-state index is 0.0321. The Morgan fingerprint density at radius 2 is 2.00 bits per heavy atom. The lowest BCUT2D eigenvalue weighted by Gasteiger charge is -2.24. The number of rotatable bonds is 6. The number of carboxylic acids is 1. The van der Waals surface area contributed by atoms with Gasteiger partial charge in [-0.15, -0.1) is 0 Å². The van der Waals surface area contributed by atoms with Crippen LogP contribution in [0.4, 0.5) is 4.39 Å². The van der Waals surface area contributed by atoms with Crippen molar-refractivity contribution in [2.75, 3.05) is 13.6 Å². The molecule has 1 amide bonds. The lowest BCUT2D eigenvalue weighted by atomic mass is 9.94. The van der Waals surface area contributed by atoms with Gasteiger partial charge in [0.1, 0.15) is 5.82 Å². The standard InChI is InChI=1S/C15H18FNO3/c1-17(10-4-7-13(18)19)14(20)15(8-9-15)11-5-2-3-6-12(11)16/h2-3,5-6H,4,7-10H2,1H3,(H,18,19). The van der Waals surface area contributed by atoms with Crippen LogP contribution >= 0.6 is 0 Å². The lowest BCUT2D eigenvalue weighted by Crippen LogP contribution is -2.37. The SMILES string of the molecule is CN(CCCC(=O)O)C(=O)C1(c2ccccc2F)CC1. The second kappa shape index (κ2) is 5.61. The Morgan fingerprint density at radius 3 is 2.55 bits per heavy atom. The molecule has 108 valence electrons. The summed E-state index contributed by atoms with van der Waals surface area (Å²) < 4.78 is 13.9. The molecular weight excluding hydrogens is 261 g/mol. The zero-order valence-electron chi connectivity index (χ0n) is 11.4. The van der Waals surface area contributed by atoms with Gasteiger partial charge in [0, 0.05) is 25.6 Å². The van der Waals surface area contributed by atoms with Crippen molar-refractivity contribution in [3.8, 4) is 0 Å². The molecule has 1 aliphatic rings. The van der Waals surface area contributed by atoms with Gasteiger partial charge in [0.25, 0.3) is 0 Å².